The van der Waals surface area contributed by atoms with Gasteiger partial charge in [-0.05, 0) is 52.3 Å². The summed E-state index contributed by atoms with van der Waals surface area (Å²) in [6.07, 6.45) is 0. The lowest BCUT2D eigenvalue weighted by Gasteiger charge is -2.09. The van der Waals surface area contributed by atoms with E-state index in [9.17, 15) is 4.79 Å². The molecule has 2 aromatic carbocycles. The summed E-state index contributed by atoms with van der Waals surface area (Å²) in [4.78, 5) is 11.8. The van der Waals surface area contributed by atoms with Gasteiger partial charge in [0, 0.05) is 20.9 Å². The second-order valence-electron chi connectivity index (χ2n) is 3.83. The molecular weight excluding hydrogens is 330 g/mol. The molecule has 2 amide bonds. The summed E-state index contributed by atoms with van der Waals surface area (Å²) in [5.74, 6) is 0. The van der Waals surface area contributed by atoms with Crippen molar-refractivity contribution < 1.29 is 4.79 Å². The van der Waals surface area contributed by atoms with E-state index in [0.29, 0.717) is 22.1 Å². The molecule has 0 saturated carbocycles. The Labute approximate surface area is 124 Å². The van der Waals surface area contributed by atoms with Gasteiger partial charge in [-0.25, -0.2) is 4.79 Å². The van der Waals surface area contributed by atoms with E-state index in [-0.39, 0.29) is 6.03 Å². The quantitative estimate of drug-likeness (QED) is 0.712. The van der Waals surface area contributed by atoms with Crippen LogP contribution >= 0.6 is 27.5 Å². The first kappa shape index (κ1) is 13.7. The summed E-state index contributed by atoms with van der Waals surface area (Å²) >= 11 is 9.21. The van der Waals surface area contributed by atoms with Crippen LogP contribution in [0.4, 0.5) is 21.9 Å². The van der Waals surface area contributed by atoms with Gasteiger partial charge in [-0.2, -0.15) is 0 Å². The Bertz CT molecular complexity index is 619. The molecular formula is C13H11BrClN3O. The van der Waals surface area contributed by atoms with E-state index in [2.05, 4.69) is 26.6 Å². The number of nitrogen functional groups attached to an aromatic ring is 1. The fourth-order valence-corrected chi connectivity index (χ4v) is 2.01. The minimum Gasteiger partial charge on any atom is -0.399 e. The summed E-state index contributed by atoms with van der Waals surface area (Å²) < 4.78 is 0.750. The fourth-order valence-electron chi connectivity index (χ4n) is 1.49. The molecule has 98 valence electrons. The lowest BCUT2D eigenvalue weighted by molar-refractivity contribution is 0.262. The van der Waals surface area contributed by atoms with Crippen LogP contribution in [0.3, 0.4) is 0 Å². The molecule has 4 N–H and O–H groups in total. The highest BCUT2D eigenvalue weighted by molar-refractivity contribution is 9.10. The van der Waals surface area contributed by atoms with Gasteiger partial charge in [0.05, 0.1) is 5.69 Å². The van der Waals surface area contributed by atoms with Crippen molar-refractivity contribution in [1.82, 2.24) is 0 Å². The van der Waals surface area contributed by atoms with Gasteiger partial charge in [-0.3, -0.25) is 0 Å². The van der Waals surface area contributed by atoms with Crippen LogP contribution < -0.4 is 16.4 Å². The molecule has 0 aliphatic rings. The van der Waals surface area contributed by atoms with E-state index in [1.807, 2.05) is 0 Å². The minimum atomic E-state index is -0.367. The van der Waals surface area contributed by atoms with Crippen LogP contribution in [-0.4, -0.2) is 6.03 Å². The summed E-state index contributed by atoms with van der Waals surface area (Å²) in [7, 11) is 0. The zero-order chi connectivity index (χ0) is 13.8. The molecule has 0 saturated heterocycles. The zero-order valence-corrected chi connectivity index (χ0v) is 12.1. The standard InChI is InChI=1S/C13H11BrClN3O/c14-11-5-4-8(15)6-12(11)18-13(19)17-10-3-1-2-9(16)7-10/h1-7H,16H2,(H2,17,18,19). The number of hydrogen-bond acceptors (Lipinski definition) is 2. The van der Waals surface area contributed by atoms with E-state index < -0.39 is 0 Å². The zero-order valence-electron chi connectivity index (χ0n) is 9.78. The van der Waals surface area contributed by atoms with Crippen molar-refractivity contribution in [2.24, 2.45) is 0 Å². The average molecular weight is 341 g/mol. The summed E-state index contributed by atoms with van der Waals surface area (Å²) in [5.41, 5.74) is 7.43. The first-order chi connectivity index (χ1) is 9.04. The van der Waals surface area contributed by atoms with E-state index >= 15 is 0 Å². The van der Waals surface area contributed by atoms with Crippen LogP contribution in [0.25, 0.3) is 0 Å². The van der Waals surface area contributed by atoms with Crippen molar-refractivity contribution in [1.29, 1.82) is 0 Å². The SMILES string of the molecule is Nc1cccc(NC(=O)Nc2cc(Cl)ccc2Br)c1. The summed E-state index contributed by atoms with van der Waals surface area (Å²) in [6, 6.07) is 11.7. The van der Waals surface area contributed by atoms with E-state index in [0.717, 1.165) is 4.47 Å². The Hall–Kier alpha value is -1.72. The molecule has 19 heavy (non-hydrogen) atoms. The van der Waals surface area contributed by atoms with Gasteiger partial charge in [0.1, 0.15) is 0 Å². The number of carbonyl (C=O) groups excluding carboxylic acids is 1. The lowest BCUT2D eigenvalue weighted by atomic mass is 10.3. The molecule has 0 fully saturated rings. The molecule has 0 aliphatic carbocycles. The molecule has 6 heteroatoms. The predicted octanol–water partition coefficient (Wildman–Crippen LogP) is 4.33. The highest BCUT2D eigenvalue weighted by Gasteiger charge is 2.06. The second-order valence-corrected chi connectivity index (χ2v) is 5.12. The number of halogens is 2. The number of carbonyl (C=O) groups is 1. The maximum absolute atomic E-state index is 11.8. The van der Waals surface area contributed by atoms with Crippen molar-refractivity contribution in [3.05, 3.63) is 52.0 Å². The first-order valence-corrected chi connectivity index (χ1v) is 6.60. The number of hydrogen-bond donors (Lipinski definition) is 3. The van der Waals surface area contributed by atoms with Gasteiger partial charge in [0.25, 0.3) is 0 Å². The van der Waals surface area contributed by atoms with Crippen molar-refractivity contribution in [3.8, 4) is 0 Å². The topological polar surface area (TPSA) is 67.1 Å². The van der Waals surface area contributed by atoms with Crippen molar-refractivity contribution >= 4 is 50.6 Å². The van der Waals surface area contributed by atoms with Crippen LogP contribution in [0.2, 0.25) is 5.02 Å². The highest BCUT2D eigenvalue weighted by atomic mass is 79.9. The van der Waals surface area contributed by atoms with Crippen LogP contribution in [0.15, 0.2) is 46.9 Å². The Balaban J connectivity index is 2.07. The number of urea groups is 1. The third-order valence-electron chi connectivity index (χ3n) is 2.32. The molecule has 2 rings (SSSR count). The molecule has 0 heterocycles. The first-order valence-electron chi connectivity index (χ1n) is 5.43. The average Bonchev–Trinajstić information content (AvgIpc) is 2.34. The smallest absolute Gasteiger partial charge is 0.323 e. The van der Waals surface area contributed by atoms with Crippen LogP contribution in [0.1, 0.15) is 0 Å². The molecule has 2 aromatic rings. The number of rotatable bonds is 2. The van der Waals surface area contributed by atoms with Gasteiger partial charge in [0.2, 0.25) is 0 Å². The molecule has 0 bridgehead atoms. The number of amides is 2. The fraction of sp³-hybridized carbons (Fsp3) is 0. The Morgan fingerprint density at radius 3 is 2.68 bits per heavy atom. The summed E-state index contributed by atoms with van der Waals surface area (Å²) in [6.45, 7) is 0. The Morgan fingerprint density at radius 2 is 1.95 bits per heavy atom. The normalized spacial score (nSPS) is 10.0. The van der Waals surface area contributed by atoms with Gasteiger partial charge in [0.15, 0.2) is 0 Å². The molecule has 0 aromatic heterocycles. The minimum absolute atomic E-state index is 0.367. The van der Waals surface area contributed by atoms with E-state index in [1.165, 1.54) is 0 Å². The molecule has 4 nitrogen and oxygen atoms in total. The third kappa shape index (κ3) is 3.87. The Kier molecular flexibility index (Phi) is 4.29. The third-order valence-corrected chi connectivity index (χ3v) is 3.25. The van der Waals surface area contributed by atoms with Crippen molar-refractivity contribution in [2.75, 3.05) is 16.4 Å². The largest absolute Gasteiger partial charge is 0.399 e. The second kappa shape index (κ2) is 5.95. The molecule has 0 spiro atoms. The predicted molar refractivity (Wildman–Crippen MR) is 82.6 cm³/mol. The van der Waals surface area contributed by atoms with E-state index in [4.69, 9.17) is 17.3 Å². The number of benzene rings is 2. The van der Waals surface area contributed by atoms with Crippen LogP contribution in [0.5, 0.6) is 0 Å². The van der Waals surface area contributed by atoms with Gasteiger partial charge in [-0.1, -0.05) is 17.7 Å². The molecule has 0 unspecified atom stereocenters. The van der Waals surface area contributed by atoms with E-state index in [1.54, 1.807) is 42.5 Å². The van der Waals surface area contributed by atoms with Crippen LogP contribution in [-0.2, 0) is 0 Å². The van der Waals surface area contributed by atoms with Crippen molar-refractivity contribution in [3.63, 3.8) is 0 Å². The monoisotopic (exact) mass is 339 g/mol. The number of anilines is 3. The van der Waals surface area contributed by atoms with Crippen LogP contribution in [0, 0.1) is 0 Å². The molecule has 0 radical (unpaired) electrons. The maximum Gasteiger partial charge on any atom is 0.323 e. The number of nitrogens with one attached hydrogen (secondary N) is 2. The maximum atomic E-state index is 11.8. The number of nitrogens with two attached hydrogens (primary N) is 1. The van der Waals surface area contributed by atoms with Crippen molar-refractivity contribution in [2.45, 2.75) is 0 Å². The van der Waals surface area contributed by atoms with Gasteiger partial charge < -0.3 is 16.4 Å². The lowest BCUT2D eigenvalue weighted by Crippen LogP contribution is -2.19. The molecule has 0 aliphatic heterocycles. The highest BCUT2D eigenvalue weighted by Crippen LogP contribution is 2.26. The summed E-state index contributed by atoms with van der Waals surface area (Å²) in [5, 5.41) is 5.92. The molecule has 0 atom stereocenters. The van der Waals surface area contributed by atoms with Gasteiger partial charge in [-0.15, -0.1) is 0 Å². The Morgan fingerprint density at radius 1 is 1.16 bits per heavy atom. The van der Waals surface area contributed by atoms with Gasteiger partial charge >= 0.3 is 6.03 Å².